The van der Waals surface area contributed by atoms with Gasteiger partial charge in [0.05, 0.1) is 6.54 Å². The van der Waals surface area contributed by atoms with E-state index < -0.39 is 5.41 Å². The Hall–Kier alpha value is -2.24. The minimum Gasteiger partial charge on any atom is -0.488 e. The summed E-state index contributed by atoms with van der Waals surface area (Å²) in [5.41, 5.74) is 5.75. The van der Waals surface area contributed by atoms with E-state index in [0.29, 0.717) is 13.0 Å². The Morgan fingerprint density at radius 2 is 2.29 bits per heavy atom. The molecule has 0 aliphatic carbocycles. The van der Waals surface area contributed by atoms with Gasteiger partial charge in [0.1, 0.15) is 17.3 Å². The number of hydrogen-bond donors (Lipinski definition) is 3. The second kappa shape index (κ2) is 6.03. The molecule has 1 aliphatic rings. The van der Waals surface area contributed by atoms with Crippen molar-refractivity contribution in [3.63, 3.8) is 0 Å². The highest BCUT2D eigenvalue weighted by atomic mass is 16.5. The fourth-order valence-corrected chi connectivity index (χ4v) is 2.34. The number of ether oxygens (including phenoxy) is 1. The van der Waals surface area contributed by atoms with Crippen molar-refractivity contribution in [3.8, 4) is 5.75 Å². The summed E-state index contributed by atoms with van der Waals surface area (Å²) < 4.78 is 5.76. The maximum absolute atomic E-state index is 12.3. The van der Waals surface area contributed by atoms with Gasteiger partial charge in [-0.1, -0.05) is 30.3 Å². The molecule has 1 heterocycles. The first-order valence-electron chi connectivity index (χ1n) is 7.02. The third-order valence-electron chi connectivity index (χ3n) is 4.09. The smallest absolute Gasteiger partial charge is 0.233 e. The Kier molecular flexibility index (Phi) is 4.35. The third kappa shape index (κ3) is 2.94. The molecular formula is C15H21N3O3. The fraction of sp³-hybridized carbons (Fsp3) is 0.467. The molecule has 4 N–H and O–H groups in total. The number of carbonyl (C=O) groups is 1. The number of amides is 1. The van der Waals surface area contributed by atoms with Crippen molar-refractivity contribution in [1.29, 1.82) is 0 Å². The number of nitrogens with one attached hydrogen (secondary N) is 1. The van der Waals surface area contributed by atoms with E-state index in [-0.39, 0.29) is 17.8 Å². The molecule has 0 saturated carbocycles. The standard InChI is InChI=1S/C15H21N3O3/c1-3-15(2,13(16)18-20)14(19)17-9-11-8-10-6-4-5-7-12(10)21-11/h4-7,11,20H,3,8-9H2,1-2H3,(H2,16,18)(H,17,19). The molecular weight excluding hydrogens is 270 g/mol. The lowest BCUT2D eigenvalue weighted by atomic mass is 9.85. The molecule has 0 spiro atoms. The van der Waals surface area contributed by atoms with E-state index >= 15 is 0 Å². The molecule has 2 unspecified atom stereocenters. The Morgan fingerprint density at radius 3 is 2.90 bits per heavy atom. The first kappa shape index (κ1) is 15.2. The van der Waals surface area contributed by atoms with Crippen LogP contribution in [0.5, 0.6) is 5.75 Å². The SMILES string of the molecule is CCC(C)(C(=O)NCC1Cc2ccccc2O1)/C(N)=N/O. The summed E-state index contributed by atoms with van der Waals surface area (Å²) >= 11 is 0. The zero-order chi connectivity index (χ0) is 15.5. The highest BCUT2D eigenvalue weighted by Crippen LogP contribution is 2.28. The maximum atomic E-state index is 12.3. The van der Waals surface area contributed by atoms with Crippen molar-refractivity contribution >= 4 is 11.7 Å². The van der Waals surface area contributed by atoms with Crippen LogP contribution >= 0.6 is 0 Å². The summed E-state index contributed by atoms with van der Waals surface area (Å²) in [4.78, 5) is 12.3. The highest BCUT2D eigenvalue weighted by Gasteiger charge is 2.37. The normalized spacial score (nSPS) is 20.3. The van der Waals surface area contributed by atoms with Crippen LogP contribution in [0.15, 0.2) is 29.4 Å². The van der Waals surface area contributed by atoms with Crippen LogP contribution in [-0.2, 0) is 11.2 Å². The van der Waals surface area contributed by atoms with Crippen molar-refractivity contribution in [2.45, 2.75) is 32.8 Å². The van der Waals surface area contributed by atoms with Gasteiger partial charge in [-0.05, 0) is 25.0 Å². The lowest BCUT2D eigenvalue weighted by molar-refractivity contribution is -0.127. The van der Waals surface area contributed by atoms with Gasteiger partial charge in [-0.25, -0.2) is 0 Å². The van der Waals surface area contributed by atoms with Crippen LogP contribution in [0.1, 0.15) is 25.8 Å². The molecule has 1 aromatic carbocycles. The molecule has 0 saturated heterocycles. The van der Waals surface area contributed by atoms with Crippen LogP contribution < -0.4 is 15.8 Å². The van der Waals surface area contributed by atoms with Crippen LogP contribution in [-0.4, -0.2) is 29.6 Å². The fourth-order valence-electron chi connectivity index (χ4n) is 2.34. The van der Waals surface area contributed by atoms with Crippen molar-refractivity contribution in [2.24, 2.45) is 16.3 Å². The lowest BCUT2D eigenvalue weighted by Gasteiger charge is -2.26. The second-order valence-electron chi connectivity index (χ2n) is 5.43. The minimum absolute atomic E-state index is 0.0836. The Morgan fingerprint density at radius 1 is 1.57 bits per heavy atom. The maximum Gasteiger partial charge on any atom is 0.233 e. The number of para-hydroxylation sites is 1. The number of amidine groups is 1. The number of hydrogen-bond acceptors (Lipinski definition) is 4. The molecule has 1 aliphatic heterocycles. The number of rotatable bonds is 5. The summed E-state index contributed by atoms with van der Waals surface area (Å²) in [6.07, 6.45) is 1.13. The average molecular weight is 291 g/mol. The molecule has 1 aromatic rings. The van der Waals surface area contributed by atoms with Crippen LogP contribution in [0.3, 0.4) is 0 Å². The predicted octanol–water partition coefficient (Wildman–Crippen LogP) is 1.27. The van der Waals surface area contributed by atoms with E-state index in [0.717, 1.165) is 17.7 Å². The monoisotopic (exact) mass is 291 g/mol. The Balaban J connectivity index is 1.94. The summed E-state index contributed by atoms with van der Waals surface area (Å²) in [6.45, 7) is 3.86. The first-order chi connectivity index (χ1) is 10.0. The van der Waals surface area contributed by atoms with Crippen LogP contribution in [0, 0.1) is 5.41 Å². The molecule has 2 rings (SSSR count). The molecule has 1 amide bonds. The average Bonchev–Trinajstić information content (AvgIpc) is 2.93. The van der Waals surface area contributed by atoms with Crippen molar-refractivity contribution < 1.29 is 14.7 Å². The van der Waals surface area contributed by atoms with E-state index in [2.05, 4.69) is 10.5 Å². The van der Waals surface area contributed by atoms with E-state index in [9.17, 15) is 4.79 Å². The van der Waals surface area contributed by atoms with Gasteiger partial charge in [-0.15, -0.1) is 0 Å². The van der Waals surface area contributed by atoms with Crippen molar-refractivity contribution in [1.82, 2.24) is 5.32 Å². The minimum atomic E-state index is -1.01. The van der Waals surface area contributed by atoms with E-state index in [1.807, 2.05) is 31.2 Å². The number of oxime groups is 1. The van der Waals surface area contributed by atoms with E-state index in [1.54, 1.807) is 6.92 Å². The molecule has 6 heteroatoms. The molecule has 6 nitrogen and oxygen atoms in total. The number of fused-ring (bicyclic) bond motifs is 1. The summed E-state index contributed by atoms with van der Waals surface area (Å²) in [7, 11) is 0. The van der Waals surface area contributed by atoms with Gasteiger partial charge in [-0.3, -0.25) is 4.79 Å². The topological polar surface area (TPSA) is 96.9 Å². The first-order valence-corrected chi connectivity index (χ1v) is 7.02. The molecule has 21 heavy (non-hydrogen) atoms. The quantitative estimate of drug-likeness (QED) is 0.329. The predicted molar refractivity (Wildman–Crippen MR) is 79.4 cm³/mol. The second-order valence-corrected chi connectivity index (χ2v) is 5.43. The third-order valence-corrected chi connectivity index (χ3v) is 4.09. The van der Waals surface area contributed by atoms with E-state index in [4.69, 9.17) is 15.7 Å². The van der Waals surface area contributed by atoms with Gasteiger partial charge in [0.15, 0.2) is 5.84 Å². The van der Waals surface area contributed by atoms with Crippen molar-refractivity contribution in [3.05, 3.63) is 29.8 Å². The summed E-state index contributed by atoms with van der Waals surface area (Å²) in [5.74, 6) is 0.518. The highest BCUT2D eigenvalue weighted by molar-refractivity contribution is 6.06. The zero-order valence-electron chi connectivity index (χ0n) is 12.3. The largest absolute Gasteiger partial charge is 0.488 e. The molecule has 0 radical (unpaired) electrons. The number of nitrogens with two attached hydrogens (primary N) is 1. The van der Waals surface area contributed by atoms with Crippen LogP contribution in [0.2, 0.25) is 0 Å². The lowest BCUT2D eigenvalue weighted by Crippen LogP contribution is -2.49. The van der Waals surface area contributed by atoms with Crippen LogP contribution in [0.25, 0.3) is 0 Å². The van der Waals surface area contributed by atoms with Gasteiger partial charge >= 0.3 is 0 Å². The molecule has 0 bridgehead atoms. The molecule has 114 valence electrons. The van der Waals surface area contributed by atoms with E-state index in [1.165, 1.54) is 0 Å². The Bertz CT molecular complexity index is 534. The van der Waals surface area contributed by atoms with Gasteiger partial charge in [0.25, 0.3) is 0 Å². The van der Waals surface area contributed by atoms with Gasteiger partial charge < -0.3 is 21.0 Å². The molecule has 0 aromatic heterocycles. The molecule has 2 atom stereocenters. The molecule has 0 fully saturated rings. The van der Waals surface area contributed by atoms with Gasteiger partial charge in [0.2, 0.25) is 5.91 Å². The Labute approximate surface area is 124 Å². The zero-order valence-corrected chi connectivity index (χ0v) is 12.3. The summed E-state index contributed by atoms with van der Waals surface area (Å²) in [6, 6.07) is 7.83. The van der Waals surface area contributed by atoms with Gasteiger partial charge in [0, 0.05) is 6.42 Å². The van der Waals surface area contributed by atoms with Crippen LogP contribution in [0.4, 0.5) is 0 Å². The number of carbonyl (C=O) groups excluding carboxylic acids is 1. The van der Waals surface area contributed by atoms with Gasteiger partial charge in [-0.2, -0.15) is 0 Å². The number of nitrogens with zero attached hydrogens (tertiary/aromatic N) is 1. The summed E-state index contributed by atoms with van der Waals surface area (Å²) in [5, 5.41) is 14.6. The number of benzene rings is 1. The van der Waals surface area contributed by atoms with Crippen molar-refractivity contribution in [2.75, 3.05) is 6.54 Å².